The molecule has 4 heteroatoms. The molecule has 0 atom stereocenters. The quantitative estimate of drug-likeness (QED) is 0.681. The van der Waals surface area contributed by atoms with Crippen LogP contribution in [0.3, 0.4) is 0 Å². The molecule has 120 valence electrons. The second-order valence-electron chi connectivity index (χ2n) is 5.93. The van der Waals surface area contributed by atoms with Gasteiger partial charge in [0.1, 0.15) is 0 Å². The molecule has 0 heterocycles. The van der Waals surface area contributed by atoms with Crippen LogP contribution in [-0.4, -0.2) is 37.2 Å². The molecule has 1 rings (SSSR count). The Morgan fingerprint density at radius 1 is 1.19 bits per heavy atom. The average Bonchev–Trinajstić information content (AvgIpc) is 2.40. The van der Waals surface area contributed by atoms with Gasteiger partial charge in [-0.05, 0) is 51.9 Å². The smallest absolute Gasteiger partial charge is 0.0728 e. The van der Waals surface area contributed by atoms with Gasteiger partial charge in [-0.2, -0.15) is 0 Å². The van der Waals surface area contributed by atoms with Gasteiger partial charge >= 0.3 is 0 Å². The lowest BCUT2D eigenvalue weighted by Gasteiger charge is -2.30. The molecule has 0 aliphatic carbocycles. The minimum atomic E-state index is 0.557. The van der Waals surface area contributed by atoms with E-state index in [0.29, 0.717) is 18.7 Å². The molecule has 1 N–H and O–H groups in total. The lowest BCUT2D eigenvalue weighted by Crippen LogP contribution is -2.39. The zero-order valence-corrected chi connectivity index (χ0v) is 15.5. The molecule has 0 saturated heterocycles. The highest BCUT2D eigenvalue weighted by molar-refractivity contribution is 9.10. The van der Waals surface area contributed by atoms with Crippen LogP contribution in [0.2, 0.25) is 0 Å². The molecule has 3 nitrogen and oxygen atoms in total. The predicted molar refractivity (Wildman–Crippen MR) is 93.5 cm³/mol. The first-order chi connectivity index (χ1) is 9.95. The van der Waals surface area contributed by atoms with Gasteiger partial charge in [0.25, 0.3) is 0 Å². The van der Waals surface area contributed by atoms with Gasteiger partial charge < -0.3 is 10.1 Å². The van der Waals surface area contributed by atoms with Crippen molar-refractivity contribution in [3.8, 4) is 0 Å². The molecule has 0 saturated carbocycles. The zero-order valence-electron chi connectivity index (χ0n) is 13.9. The molecular weight excluding hydrogens is 328 g/mol. The van der Waals surface area contributed by atoms with Gasteiger partial charge in [-0.15, -0.1) is 0 Å². The number of nitrogens with one attached hydrogen (secondary N) is 1. The van der Waals surface area contributed by atoms with Crippen LogP contribution in [0.4, 0.5) is 0 Å². The van der Waals surface area contributed by atoms with Crippen LogP contribution in [0.15, 0.2) is 22.7 Å². The Morgan fingerprint density at radius 3 is 2.38 bits per heavy atom. The van der Waals surface area contributed by atoms with Crippen LogP contribution in [0.25, 0.3) is 0 Å². The molecule has 1 aromatic rings. The highest BCUT2D eigenvalue weighted by atomic mass is 79.9. The maximum atomic E-state index is 5.84. The SMILES string of the molecule is CNCc1ccc(COCCN(C(C)C)C(C)C)c(Br)c1. The van der Waals surface area contributed by atoms with Gasteiger partial charge in [-0.1, -0.05) is 28.1 Å². The molecule has 0 unspecified atom stereocenters. The summed E-state index contributed by atoms with van der Waals surface area (Å²) in [6.45, 7) is 12.2. The number of hydrogen-bond acceptors (Lipinski definition) is 3. The van der Waals surface area contributed by atoms with E-state index in [4.69, 9.17) is 4.74 Å². The maximum absolute atomic E-state index is 5.84. The van der Waals surface area contributed by atoms with E-state index in [1.54, 1.807) is 0 Å². The molecule has 0 fully saturated rings. The van der Waals surface area contributed by atoms with Gasteiger partial charge in [0.05, 0.1) is 13.2 Å². The van der Waals surface area contributed by atoms with Crippen molar-refractivity contribution in [2.45, 2.75) is 52.9 Å². The van der Waals surface area contributed by atoms with E-state index in [1.165, 1.54) is 11.1 Å². The Morgan fingerprint density at radius 2 is 1.86 bits per heavy atom. The molecule has 1 aromatic carbocycles. The zero-order chi connectivity index (χ0) is 15.8. The first-order valence-electron chi connectivity index (χ1n) is 7.71. The number of hydrogen-bond donors (Lipinski definition) is 1. The van der Waals surface area contributed by atoms with E-state index < -0.39 is 0 Å². The molecule has 0 amide bonds. The lowest BCUT2D eigenvalue weighted by molar-refractivity contribution is 0.0697. The van der Waals surface area contributed by atoms with Crippen molar-refractivity contribution in [2.24, 2.45) is 0 Å². The Labute approximate surface area is 138 Å². The molecule has 0 radical (unpaired) electrons. The Balaban J connectivity index is 2.42. The van der Waals surface area contributed by atoms with E-state index in [9.17, 15) is 0 Å². The topological polar surface area (TPSA) is 24.5 Å². The number of ether oxygens (including phenoxy) is 1. The Bertz CT molecular complexity index is 413. The van der Waals surface area contributed by atoms with Crippen LogP contribution < -0.4 is 5.32 Å². The maximum Gasteiger partial charge on any atom is 0.0728 e. The van der Waals surface area contributed by atoms with Gasteiger partial charge in [0, 0.05) is 29.6 Å². The fourth-order valence-corrected chi connectivity index (χ4v) is 3.03. The minimum absolute atomic E-state index is 0.557. The summed E-state index contributed by atoms with van der Waals surface area (Å²) in [6, 6.07) is 7.56. The standard InChI is InChI=1S/C17H29BrN2O/c1-13(2)20(14(3)4)8-9-21-12-16-7-6-15(11-19-5)10-17(16)18/h6-7,10,13-14,19H,8-9,11-12H2,1-5H3. The van der Waals surface area contributed by atoms with E-state index in [2.05, 4.69) is 72.0 Å². The molecule has 21 heavy (non-hydrogen) atoms. The lowest BCUT2D eigenvalue weighted by atomic mass is 10.1. The van der Waals surface area contributed by atoms with Crippen LogP contribution >= 0.6 is 15.9 Å². The van der Waals surface area contributed by atoms with E-state index in [1.807, 2.05) is 7.05 Å². The third-order valence-corrected chi connectivity index (χ3v) is 4.31. The van der Waals surface area contributed by atoms with Crippen molar-refractivity contribution in [3.05, 3.63) is 33.8 Å². The molecule has 0 aromatic heterocycles. The Hall–Kier alpha value is -0.420. The van der Waals surface area contributed by atoms with Gasteiger partial charge in [0.2, 0.25) is 0 Å². The van der Waals surface area contributed by atoms with Crippen molar-refractivity contribution in [3.63, 3.8) is 0 Å². The van der Waals surface area contributed by atoms with Crippen molar-refractivity contribution in [1.82, 2.24) is 10.2 Å². The Kier molecular flexibility index (Phi) is 8.49. The summed E-state index contributed by atoms with van der Waals surface area (Å²) < 4.78 is 6.97. The largest absolute Gasteiger partial charge is 0.375 e. The summed E-state index contributed by atoms with van der Waals surface area (Å²) >= 11 is 3.63. The fraction of sp³-hybridized carbons (Fsp3) is 0.647. The molecular formula is C17H29BrN2O. The third-order valence-electron chi connectivity index (χ3n) is 3.58. The molecule has 0 aliphatic heterocycles. The molecule has 0 spiro atoms. The summed E-state index contributed by atoms with van der Waals surface area (Å²) in [5.74, 6) is 0. The van der Waals surface area contributed by atoms with Crippen molar-refractivity contribution in [1.29, 1.82) is 0 Å². The van der Waals surface area contributed by atoms with E-state index in [0.717, 1.165) is 24.2 Å². The van der Waals surface area contributed by atoms with Crippen LogP contribution in [-0.2, 0) is 17.9 Å². The summed E-state index contributed by atoms with van der Waals surface area (Å²) in [4.78, 5) is 2.45. The van der Waals surface area contributed by atoms with Crippen molar-refractivity contribution >= 4 is 15.9 Å². The molecule has 0 bridgehead atoms. The van der Waals surface area contributed by atoms with Crippen LogP contribution in [0.1, 0.15) is 38.8 Å². The summed E-state index contributed by atoms with van der Waals surface area (Å²) in [7, 11) is 1.96. The number of rotatable bonds is 9. The fourth-order valence-electron chi connectivity index (χ4n) is 2.49. The molecule has 0 aliphatic rings. The van der Waals surface area contributed by atoms with E-state index in [-0.39, 0.29) is 0 Å². The van der Waals surface area contributed by atoms with Gasteiger partial charge in [0.15, 0.2) is 0 Å². The first kappa shape index (κ1) is 18.6. The average molecular weight is 357 g/mol. The second kappa shape index (κ2) is 9.57. The van der Waals surface area contributed by atoms with Crippen molar-refractivity contribution < 1.29 is 4.74 Å². The highest BCUT2D eigenvalue weighted by Gasteiger charge is 2.12. The number of halogens is 1. The predicted octanol–water partition coefficient (Wildman–Crippen LogP) is 3.80. The van der Waals surface area contributed by atoms with Crippen LogP contribution in [0, 0.1) is 0 Å². The minimum Gasteiger partial charge on any atom is -0.375 e. The normalized spacial score (nSPS) is 11.9. The van der Waals surface area contributed by atoms with Gasteiger partial charge in [-0.25, -0.2) is 0 Å². The van der Waals surface area contributed by atoms with Crippen LogP contribution in [0.5, 0.6) is 0 Å². The van der Waals surface area contributed by atoms with E-state index >= 15 is 0 Å². The summed E-state index contributed by atoms with van der Waals surface area (Å²) in [6.07, 6.45) is 0. The highest BCUT2D eigenvalue weighted by Crippen LogP contribution is 2.19. The van der Waals surface area contributed by atoms with Gasteiger partial charge in [-0.3, -0.25) is 4.90 Å². The number of nitrogens with zero attached hydrogens (tertiary/aromatic N) is 1. The monoisotopic (exact) mass is 356 g/mol. The third kappa shape index (κ3) is 6.47. The summed E-state index contributed by atoms with van der Waals surface area (Å²) in [5, 5.41) is 3.16. The second-order valence-corrected chi connectivity index (χ2v) is 6.79. The first-order valence-corrected chi connectivity index (χ1v) is 8.50. The number of benzene rings is 1. The van der Waals surface area contributed by atoms with Crippen molar-refractivity contribution in [2.75, 3.05) is 20.2 Å². The summed E-state index contributed by atoms with van der Waals surface area (Å²) in [5.41, 5.74) is 2.48.